The van der Waals surface area contributed by atoms with E-state index in [1.54, 1.807) is 12.1 Å². The van der Waals surface area contributed by atoms with E-state index in [4.69, 9.17) is 23.2 Å². The van der Waals surface area contributed by atoms with Crippen LogP contribution in [0, 0.1) is 11.8 Å². The van der Waals surface area contributed by atoms with Crippen molar-refractivity contribution in [3.63, 3.8) is 0 Å². The molecule has 0 bridgehead atoms. The van der Waals surface area contributed by atoms with Crippen LogP contribution in [0.1, 0.15) is 38.7 Å². The van der Waals surface area contributed by atoms with E-state index in [0.717, 1.165) is 12.0 Å². The first-order valence-electron chi connectivity index (χ1n) is 7.20. The van der Waals surface area contributed by atoms with Crippen LogP contribution < -0.4 is 5.32 Å². The Balaban J connectivity index is 1.93. The molecule has 110 valence electrons. The van der Waals surface area contributed by atoms with Crippen LogP contribution in [0.3, 0.4) is 0 Å². The number of amides is 1. The SMILES string of the molecule is CC1CCCC(NC(=O)Cc2ccc(Cl)c(Cl)c2)C1C. The van der Waals surface area contributed by atoms with Gasteiger partial charge in [-0.15, -0.1) is 0 Å². The number of benzene rings is 1. The fourth-order valence-corrected chi connectivity index (χ4v) is 3.20. The van der Waals surface area contributed by atoms with Crippen LogP contribution in [0.4, 0.5) is 0 Å². The molecule has 20 heavy (non-hydrogen) atoms. The van der Waals surface area contributed by atoms with E-state index in [1.807, 2.05) is 6.07 Å². The Morgan fingerprint density at radius 1 is 1.25 bits per heavy atom. The molecule has 1 aromatic carbocycles. The second-order valence-corrected chi connectivity index (χ2v) is 6.68. The molecule has 2 nitrogen and oxygen atoms in total. The molecule has 0 heterocycles. The second-order valence-electron chi connectivity index (χ2n) is 5.87. The highest BCUT2D eigenvalue weighted by Crippen LogP contribution is 2.29. The molecule has 0 aliphatic heterocycles. The third kappa shape index (κ3) is 3.89. The van der Waals surface area contributed by atoms with Crippen LogP contribution in [0.5, 0.6) is 0 Å². The second kappa shape index (κ2) is 6.82. The lowest BCUT2D eigenvalue weighted by Crippen LogP contribution is -2.44. The Kier molecular flexibility index (Phi) is 5.34. The van der Waals surface area contributed by atoms with E-state index in [0.29, 0.717) is 34.3 Å². The van der Waals surface area contributed by atoms with Gasteiger partial charge in [-0.1, -0.05) is 56.0 Å². The van der Waals surface area contributed by atoms with Crippen LogP contribution in [-0.4, -0.2) is 11.9 Å². The van der Waals surface area contributed by atoms with Crippen LogP contribution in [-0.2, 0) is 11.2 Å². The molecule has 0 saturated heterocycles. The summed E-state index contributed by atoms with van der Waals surface area (Å²) in [6.07, 6.45) is 3.90. The van der Waals surface area contributed by atoms with Gasteiger partial charge in [-0.2, -0.15) is 0 Å². The molecule has 1 aromatic rings. The maximum atomic E-state index is 12.1. The molecule has 3 atom stereocenters. The number of nitrogens with one attached hydrogen (secondary N) is 1. The maximum absolute atomic E-state index is 12.1. The molecule has 1 saturated carbocycles. The summed E-state index contributed by atoms with van der Waals surface area (Å²) in [5.41, 5.74) is 0.897. The molecule has 1 aliphatic carbocycles. The fraction of sp³-hybridized carbons (Fsp3) is 0.562. The number of rotatable bonds is 3. The monoisotopic (exact) mass is 313 g/mol. The molecule has 1 fully saturated rings. The first kappa shape index (κ1) is 15.7. The molecule has 1 N–H and O–H groups in total. The summed E-state index contributed by atoms with van der Waals surface area (Å²) < 4.78 is 0. The van der Waals surface area contributed by atoms with Crippen molar-refractivity contribution in [2.24, 2.45) is 11.8 Å². The number of hydrogen-bond acceptors (Lipinski definition) is 1. The molecule has 4 heteroatoms. The number of carbonyl (C=O) groups excluding carboxylic acids is 1. The molecular weight excluding hydrogens is 293 g/mol. The van der Waals surface area contributed by atoms with Gasteiger partial charge < -0.3 is 5.32 Å². The van der Waals surface area contributed by atoms with Gasteiger partial charge in [0.05, 0.1) is 16.5 Å². The Morgan fingerprint density at radius 2 is 2.00 bits per heavy atom. The van der Waals surface area contributed by atoms with E-state index in [-0.39, 0.29) is 5.91 Å². The number of hydrogen-bond donors (Lipinski definition) is 1. The minimum atomic E-state index is 0.0642. The van der Waals surface area contributed by atoms with Crippen LogP contribution in [0.15, 0.2) is 18.2 Å². The highest BCUT2D eigenvalue weighted by Gasteiger charge is 2.27. The molecule has 3 unspecified atom stereocenters. The zero-order valence-electron chi connectivity index (χ0n) is 12.0. The Bertz CT molecular complexity index is 489. The highest BCUT2D eigenvalue weighted by molar-refractivity contribution is 6.42. The molecular formula is C16H21Cl2NO. The summed E-state index contributed by atoms with van der Waals surface area (Å²) >= 11 is 11.8. The van der Waals surface area contributed by atoms with Gasteiger partial charge in [0.2, 0.25) is 5.91 Å². The molecule has 0 spiro atoms. The van der Waals surface area contributed by atoms with Gasteiger partial charge >= 0.3 is 0 Å². The predicted octanol–water partition coefficient (Wildman–Crippen LogP) is 4.48. The predicted molar refractivity (Wildman–Crippen MR) is 84.3 cm³/mol. The largest absolute Gasteiger partial charge is 0.353 e. The third-order valence-electron chi connectivity index (χ3n) is 4.40. The lowest BCUT2D eigenvalue weighted by atomic mass is 9.78. The summed E-state index contributed by atoms with van der Waals surface area (Å²) in [4.78, 5) is 12.1. The van der Waals surface area contributed by atoms with E-state index >= 15 is 0 Å². The maximum Gasteiger partial charge on any atom is 0.224 e. The standard InChI is InChI=1S/C16H21Cl2NO/c1-10-4-3-5-15(11(10)2)19-16(20)9-12-6-7-13(17)14(18)8-12/h6-8,10-11,15H,3-5,9H2,1-2H3,(H,19,20). The Hall–Kier alpha value is -0.730. The molecule has 0 radical (unpaired) electrons. The quantitative estimate of drug-likeness (QED) is 0.876. The minimum absolute atomic E-state index is 0.0642. The van der Waals surface area contributed by atoms with Gasteiger partial charge in [0.15, 0.2) is 0 Å². The summed E-state index contributed by atoms with van der Waals surface area (Å²) in [6, 6.07) is 5.64. The Labute approximate surface area is 130 Å². The molecule has 1 aliphatic rings. The zero-order valence-corrected chi connectivity index (χ0v) is 13.5. The lowest BCUT2D eigenvalue weighted by Gasteiger charge is -2.34. The van der Waals surface area contributed by atoms with E-state index in [2.05, 4.69) is 19.2 Å². The normalized spacial score (nSPS) is 26.3. The van der Waals surface area contributed by atoms with E-state index in [1.165, 1.54) is 12.8 Å². The van der Waals surface area contributed by atoms with Gasteiger partial charge in [0, 0.05) is 6.04 Å². The van der Waals surface area contributed by atoms with E-state index < -0.39 is 0 Å². The summed E-state index contributed by atoms with van der Waals surface area (Å²) in [6.45, 7) is 4.50. The van der Waals surface area contributed by atoms with Crippen molar-refractivity contribution >= 4 is 29.1 Å². The summed E-state index contributed by atoms with van der Waals surface area (Å²) in [7, 11) is 0. The minimum Gasteiger partial charge on any atom is -0.353 e. The van der Waals surface area contributed by atoms with Crippen molar-refractivity contribution in [1.29, 1.82) is 0 Å². The molecule has 1 amide bonds. The van der Waals surface area contributed by atoms with Crippen LogP contribution >= 0.6 is 23.2 Å². The average molecular weight is 314 g/mol. The van der Waals surface area contributed by atoms with Gasteiger partial charge in [-0.25, -0.2) is 0 Å². The highest BCUT2D eigenvalue weighted by atomic mass is 35.5. The Morgan fingerprint density at radius 3 is 2.70 bits per heavy atom. The summed E-state index contributed by atoms with van der Waals surface area (Å²) in [5.74, 6) is 1.29. The smallest absolute Gasteiger partial charge is 0.224 e. The van der Waals surface area contributed by atoms with Gasteiger partial charge in [0.25, 0.3) is 0 Å². The lowest BCUT2D eigenvalue weighted by molar-refractivity contribution is -0.121. The number of halogens is 2. The molecule has 2 rings (SSSR count). The van der Waals surface area contributed by atoms with Crippen molar-refractivity contribution in [3.05, 3.63) is 33.8 Å². The fourth-order valence-electron chi connectivity index (χ4n) is 2.88. The van der Waals surface area contributed by atoms with E-state index in [9.17, 15) is 4.79 Å². The topological polar surface area (TPSA) is 29.1 Å². The number of carbonyl (C=O) groups is 1. The average Bonchev–Trinajstić information content (AvgIpc) is 2.39. The van der Waals surface area contributed by atoms with Crippen molar-refractivity contribution in [2.75, 3.05) is 0 Å². The first-order chi connectivity index (χ1) is 9.47. The van der Waals surface area contributed by atoms with Crippen molar-refractivity contribution in [3.8, 4) is 0 Å². The first-order valence-corrected chi connectivity index (χ1v) is 7.96. The van der Waals surface area contributed by atoms with Crippen molar-refractivity contribution in [2.45, 2.75) is 45.6 Å². The van der Waals surface area contributed by atoms with Crippen LogP contribution in [0.25, 0.3) is 0 Å². The van der Waals surface area contributed by atoms with Gasteiger partial charge in [0.1, 0.15) is 0 Å². The van der Waals surface area contributed by atoms with Crippen molar-refractivity contribution in [1.82, 2.24) is 5.32 Å². The third-order valence-corrected chi connectivity index (χ3v) is 5.14. The molecule has 0 aromatic heterocycles. The van der Waals surface area contributed by atoms with Crippen LogP contribution in [0.2, 0.25) is 10.0 Å². The summed E-state index contributed by atoms with van der Waals surface area (Å²) in [5, 5.41) is 4.18. The van der Waals surface area contributed by atoms with Gasteiger partial charge in [-0.05, 0) is 36.0 Å². The zero-order chi connectivity index (χ0) is 14.7. The van der Waals surface area contributed by atoms with Crippen molar-refractivity contribution < 1.29 is 4.79 Å². The van der Waals surface area contributed by atoms with Gasteiger partial charge in [-0.3, -0.25) is 4.79 Å².